The Morgan fingerprint density at radius 1 is 1.60 bits per heavy atom. The van der Waals surface area contributed by atoms with Gasteiger partial charge in [-0.2, -0.15) is 5.26 Å². The lowest BCUT2D eigenvalue weighted by molar-refractivity contribution is 0.0771. The Morgan fingerprint density at radius 3 is 3.07 bits per heavy atom. The van der Waals surface area contributed by atoms with Crippen LogP contribution in [0.15, 0.2) is 12.3 Å². The van der Waals surface area contributed by atoms with Gasteiger partial charge in [-0.15, -0.1) is 0 Å². The van der Waals surface area contributed by atoms with Crippen LogP contribution in [0.2, 0.25) is 0 Å². The lowest BCUT2D eigenvalue weighted by Crippen LogP contribution is -2.22. The highest BCUT2D eigenvalue weighted by atomic mass is 16.5. The van der Waals surface area contributed by atoms with Crippen LogP contribution in [0.3, 0.4) is 0 Å². The summed E-state index contributed by atoms with van der Waals surface area (Å²) in [7, 11) is 0. The van der Waals surface area contributed by atoms with Gasteiger partial charge in [-0.1, -0.05) is 13.8 Å². The molecule has 0 aliphatic carbocycles. The molecule has 0 bridgehead atoms. The quantitative estimate of drug-likeness (QED) is 0.701. The highest BCUT2D eigenvalue weighted by molar-refractivity contribution is 5.35. The van der Waals surface area contributed by atoms with Gasteiger partial charge in [0.25, 0.3) is 0 Å². The van der Waals surface area contributed by atoms with Gasteiger partial charge >= 0.3 is 0 Å². The zero-order valence-electron chi connectivity index (χ0n) is 9.03. The number of nitrogens with zero attached hydrogens (tertiary/aromatic N) is 2. The number of hydrogen-bond donors (Lipinski definition) is 0. The van der Waals surface area contributed by atoms with Crippen molar-refractivity contribution >= 4 is 0 Å². The van der Waals surface area contributed by atoms with Crippen LogP contribution in [-0.2, 0) is 11.3 Å². The first kappa shape index (κ1) is 10.1. The first-order valence-electron chi connectivity index (χ1n) is 5.19. The van der Waals surface area contributed by atoms with E-state index >= 15 is 0 Å². The summed E-state index contributed by atoms with van der Waals surface area (Å²) in [4.78, 5) is 4.39. The summed E-state index contributed by atoms with van der Waals surface area (Å²) in [5.41, 5.74) is 2.79. The van der Waals surface area contributed by atoms with E-state index in [0.29, 0.717) is 24.0 Å². The van der Waals surface area contributed by atoms with Gasteiger partial charge in [-0.3, -0.25) is 4.98 Å². The zero-order valence-corrected chi connectivity index (χ0v) is 9.03. The van der Waals surface area contributed by atoms with E-state index in [1.54, 1.807) is 6.20 Å². The molecule has 0 amide bonds. The van der Waals surface area contributed by atoms with E-state index in [9.17, 15) is 0 Å². The van der Waals surface area contributed by atoms with E-state index in [0.717, 1.165) is 17.9 Å². The molecule has 1 aliphatic rings. The van der Waals surface area contributed by atoms with Crippen molar-refractivity contribution in [1.29, 1.82) is 5.26 Å². The largest absolute Gasteiger partial charge is 0.376 e. The van der Waals surface area contributed by atoms with Crippen molar-refractivity contribution < 1.29 is 4.74 Å². The molecule has 1 aliphatic heterocycles. The molecule has 0 spiro atoms. The molecular formula is C12H14N2O. The number of rotatable bonds is 1. The minimum Gasteiger partial charge on any atom is -0.376 e. The minimum absolute atomic E-state index is 0.362. The van der Waals surface area contributed by atoms with E-state index < -0.39 is 0 Å². The van der Waals surface area contributed by atoms with Crippen LogP contribution in [0.1, 0.15) is 36.6 Å². The smallest absolute Gasteiger partial charge is 0.101 e. The Hall–Kier alpha value is -1.40. The van der Waals surface area contributed by atoms with Crippen molar-refractivity contribution in [2.75, 3.05) is 6.61 Å². The predicted octanol–water partition coefficient (Wildman–Crippen LogP) is 2.22. The number of ether oxygens (including phenoxy) is 1. The molecule has 0 fully saturated rings. The van der Waals surface area contributed by atoms with Gasteiger partial charge in [-0.25, -0.2) is 0 Å². The van der Waals surface area contributed by atoms with Crippen LogP contribution in [0.25, 0.3) is 0 Å². The molecule has 1 unspecified atom stereocenters. The fourth-order valence-electron chi connectivity index (χ4n) is 1.91. The number of pyridine rings is 1. The van der Waals surface area contributed by atoms with Crippen LogP contribution >= 0.6 is 0 Å². The third-order valence-corrected chi connectivity index (χ3v) is 2.84. The molecule has 1 atom stereocenters. The Morgan fingerprint density at radius 2 is 2.40 bits per heavy atom. The van der Waals surface area contributed by atoms with Gasteiger partial charge < -0.3 is 4.74 Å². The first-order valence-corrected chi connectivity index (χ1v) is 5.19. The molecule has 0 N–H and O–H groups in total. The van der Waals surface area contributed by atoms with Crippen LogP contribution in [0, 0.1) is 17.2 Å². The SMILES string of the molecule is CC(C)C1COCc2cc(C#N)cnc21. The van der Waals surface area contributed by atoms with Crippen molar-refractivity contribution in [3.8, 4) is 6.07 Å². The monoisotopic (exact) mass is 202 g/mol. The molecule has 78 valence electrons. The van der Waals surface area contributed by atoms with Crippen LogP contribution in [-0.4, -0.2) is 11.6 Å². The molecule has 1 aromatic heterocycles. The van der Waals surface area contributed by atoms with E-state index in [4.69, 9.17) is 10.00 Å². The number of fused-ring (bicyclic) bond motifs is 1. The highest BCUT2D eigenvalue weighted by Gasteiger charge is 2.24. The maximum absolute atomic E-state index is 8.78. The maximum atomic E-state index is 8.78. The van der Waals surface area contributed by atoms with Gasteiger partial charge in [0.05, 0.1) is 24.5 Å². The average molecular weight is 202 g/mol. The molecule has 1 aromatic rings. The van der Waals surface area contributed by atoms with E-state index in [1.807, 2.05) is 6.07 Å². The molecule has 0 aromatic carbocycles. The van der Waals surface area contributed by atoms with E-state index in [-0.39, 0.29) is 0 Å². The molecule has 0 saturated carbocycles. The summed E-state index contributed by atoms with van der Waals surface area (Å²) in [5, 5.41) is 8.78. The van der Waals surface area contributed by atoms with Gasteiger partial charge in [0.1, 0.15) is 6.07 Å². The fraction of sp³-hybridized carbons (Fsp3) is 0.500. The number of hydrogen-bond acceptors (Lipinski definition) is 3. The van der Waals surface area contributed by atoms with Crippen molar-refractivity contribution in [3.63, 3.8) is 0 Å². The zero-order chi connectivity index (χ0) is 10.8. The van der Waals surface area contributed by atoms with Crippen LogP contribution in [0.4, 0.5) is 0 Å². The summed E-state index contributed by atoms with van der Waals surface area (Å²) in [5.74, 6) is 0.881. The maximum Gasteiger partial charge on any atom is 0.101 e. The summed E-state index contributed by atoms with van der Waals surface area (Å²) in [6.45, 7) is 5.66. The highest BCUT2D eigenvalue weighted by Crippen LogP contribution is 2.30. The second-order valence-corrected chi connectivity index (χ2v) is 4.25. The molecule has 0 radical (unpaired) electrons. The van der Waals surface area contributed by atoms with Gasteiger partial charge in [0.2, 0.25) is 0 Å². The molecule has 2 heterocycles. The van der Waals surface area contributed by atoms with E-state index in [1.165, 1.54) is 0 Å². The third kappa shape index (κ3) is 1.86. The molecule has 3 nitrogen and oxygen atoms in total. The average Bonchev–Trinajstić information content (AvgIpc) is 2.27. The Kier molecular flexibility index (Phi) is 2.70. The van der Waals surface area contributed by atoms with Gasteiger partial charge in [0.15, 0.2) is 0 Å². The second kappa shape index (κ2) is 4.00. The summed E-state index contributed by atoms with van der Waals surface area (Å²) >= 11 is 0. The predicted molar refractivity (Wildman–Crippen MR) is 56.2 cm³/mol. The Balaban J connectivity index is 2.41. The van der Waals surface area contributed by atoms with Crippen molar-refractivity contribution in [3.05, 3.63) is 29.1 Å². The van der Waals surface area contributed by atoms with Crippen molar-refractivity contribution in [1.82, 2.24) is 4.98 Å². The van der Waals surface area contributed by atoms with E-state index in [2.05, 4.69) is 24.9 Å². The lowest BCUT2D eigenvalue weighted by Gasteiger charge is -2.27. The molecule has 3 heteroatoms. The Bertz CT molecular complexity index is 407. The van der Waals surface area contributed by atoms with Gasteiger partial charge in [-0.05, 0) is 12.0 Å². The third-order valence-electron chi connectivity index (χ3n) is 2.84. The van der Waals surface area contributed by atoms with Crippen LogP contribution < -0.4 is 0 Å². The topological polar surface area (TPSA) is 45.9 Å². The van der Waals surface area contributed by atoms with Crippen LogP contribution in [0.5, 0.6) is 0 Å². The van der Waals surface area contributed by atoms with Crippen molar-refractivity contribution in [2.45, 2.75) is 26.4 Å². The first-order chi connectivity index (χ1) is 7.22. The molecule has 15 heavy (non-hydrogen) atoms. The Labute approximate surface area is 89.7 Å². The number of nitriles is 1. The van der Waals surface area contributed by atoms with Crippen molar-refractivity contribution in [2.24, 2.45) is 5.92 Å². The normalized spacial score (nSPS) is 19.7. The van der Waals surface area contributed by atoms with Gasteiger partial charge in [0, 0.05) is 17.7 Å². The second-order valence-electron chi connectivity index (χ2n) is 4.25. The fourth-order valence-corrected chi connectivity index (χ4v) is 1.91. The number of aromatic nitrogens is 1. The summed E-state index contributed by atoms with van der Waals surface area (Å²) < 4.78 is 5.52. The standard InChI is InChI=1S/C12H14N2O/c1-8(2)11-7-15-6-10-3-9(4-13)5-14-12(10)11/h3,5,8,11H,6-7H2,1-2H3. The lowest BCUT2D eigenvalue weighted by atomic mass is 9.88. The minimum atomic E-state index is 0.362. The molecule has 0 saturated heterocycles. The molecular weight excluding hydrogens is 188 g/mol. The summed E-state index contributed by atoms with van der Waals surface area (Å²) in [6, 6.07) is 3.99. The summed E-state index contributed by atoms with van der Waals surface area (Å²) in [6.07, 6.45) is 1.65. The molecule has 2 rings (SSSR count).